The van der Waals surface area contributed by atoms with Gasteiger partial charge in [-0.3, -0.25) is 0 Å². The van der Waals surface area contributed by atoms with Crippen molar-refractivity contribution in [3.05, 3.63) is 76.9 Å². The zero-order valence-electron chi connectivity index (χ0n) is 29.2. The van der Waals surface area contributed by atoms with Crippen molar-refractivity contribution in [3.63, 3.8) is 0 Å². The van der Waals surface area contributed by atoms with E-state index in [1.807, 2.05) is 25.2 Å². The highest BCUT2D eigenvalue weighted by molar-refractivity contribution is 7.91. The number of unbranched alkanes of at least 4 members (excludes halogenated alkanes) is 2. The van der Waals surface area contributed by atoms with Crippen LogP contribution in [0.4, 0.5) is 22.0 Å². The zero-order valence-corrected chi connectivity index (χ0v) is 30.1. The molecule has 3 aliphatic rings. The van der Waals surface area contributed by atoms with Crippen LogP contribution in [0.25, 0.3) is 0 Å². The molecule has 0 aliphatic heterocycles. The third kappa shape index (κ3) is 9.29. The van der Waals surface area contributed by atoms with Gasteiger partial charge in [0.1, 0.15) is 22.2 Å². The third-order valence-corrected chi connectivity index (χ3v) is 13.3. The van der Waals surface area contributed by atoms with Crippen LogP contribution in [0.15, 0.2) is 60.2 Å². The van der Waals surface area contributed by atoms with Crippen LogP contribution in [0.5, 0.6) is 5.75 Å². The summed E-state index contributed by atoms with van der Waals surface area (Å²) in [7, 11) is -1.79. The molecule has 5 rings (SSSR count). The molecule has 0 heterocycles. The van der Waals surface area contributed by atoms with Gasteiger partial charge >= 0.3 is 12.1 Å². The lowest BCUT2D eigenvalue weighted by molar-refractivity contribution is -0.284. The second-order valence-corrected chi connectivity index (χ2v) is 17.4. The Morgan fingerprint density at radius 1 is 0.960 bits per heavy atom. The van der Waals surface area contributed by atoms with E-state index in [1.165, 1.54) is 16.7 Å². The number of aliphatic hydroxyl groups is 1. The van der Waals surface area contributed by atoms with Crippen molar-refractivity contribution >= 4 is 9.84 Å². The number of halogens is 5. The molecular weight excluding hydrogens is 673 g/mol. The van der Waals surface area contributed by atoms with Crippen molar-refractivity contribution in [2.24, 2.45) is 17.3 Å². The molecule has 50 heavy (non-hydrogen) atoms. The largest absolute Gasteiger partial charge is 0.489 e. The smallest absolute Gasteiger partial charge is 0.453 e. The number of hydrogen-bond donors (Lipinski definition) is 1. The van der Waals surface area contributed by atoms with Gasteiger partial charge in [0, 0.05) is 11.8 Å². The highest BCUT2D eigenvalue weighted by Crippen LogP contribution is 2.60. The van der Waals surface area contributed by atoms with E-state index in [-0.39, 0.29) is 17.3 Å². The average Bonchev–Trinajstić information content (AvgIpc) is 3.36. The molecule has 0 saturated heterocycles. The van der Waals surface area contributed by atoms with E-state index in [1.54, 1.807) is 0 Å². The van der Waals surface area contributed by atoms with Gasteiger partial charge in [-0.05, 0) is 118 Å². The Labute approximate surface area is 294 Å². The van der Waals surface area contributed by atoms with Gasteiger partial charge in [0.2, 0.25) is 0 Å². The molecule has 3 aliphatic carbocycles. The second-order valence-electron chi connectivity index (χ2n) is 15.1. The van der Waals surface area contributed by atoms with Gasteiger partial charge in [-0.2, -0.15) is 22.0 Å². The molecule has 2 aromatic rings. The van der Waals surface area contributed by atoms with E-state index < -0.39 is 40.5 Å². The Kier molecular flexibility index (Phi) is 12.4. The molecule has 0 bridgehead atoms. The fourth-order valence-corrected chi connectivity index (χ4v) is 9.92. The molecule has 1 fully saturated rings. The van der Waals surface area contributed by atoms with Crippen molar-refractivity contribution in [2.75, 3.05) is 31.6 Å². The number of hydrogen-bond acceptors (Lipinski definition) is 5. The first-order chi connectivity index (χ1) is 23.6. The van der Waals surface area contributed by atoms with E-state index in [4.69, 9.17) is 4.74 Å². The number of fused-ring (bicyclic) bond motifs is 5. The second kappa shape index (κ2) is 16.0. The molecule has 0 spiro atoms. The molecule has 0 amide bonds. The molecule has 0 aromatic heterocycles. The summed E-state index contributed by atoms with van der Waals surface area (Å²) in [4.78, 5) is 2.05. The van der Waals surface area contributed by atoms with E-state index in [0.29, 0.717) is 37.3 Å². The number of ether oxygens (including phenoxy) is 1. The summed E-state index contributed by atoms with van der Waals surface area (Å²) in [5.74, 6) is -3.58. The molecule has 2 aromatic carbocycles. The Balaban J connectivity index is 1.10. The molecule has 278 valence electrons. The SMILES string of the molecule is CN(CCCCC[C@@H]1Cc2cc(OCc3ccccc3)ccc2[C@H]2CC[C@@]3(C)C(=CC[C@@H]3O)[C@H]12)CCCS(=O)(=O)CCCC(F)(F)C(F)(F)F. The maximum absolute atomic E-state index is 13.1. The van der Waals surface area contributed by atoms with Gasteiger partial charge in [0.25, 0.3) is 0 Å². The lowest BCUT2D eigenvalue weighted by Crippen LogP contribution is -2.43. The van der Waals surface area contributed by atoms with E-state index in [9.17, 15) is 35.5 Å². The summed E-state index contributed by atoms with van der Waals surface area (Å²) in [6.45, 7) is 4.06. The maximum Gasteiger partial charge on any atom is 0.453 e. The topological polar surface area (TPSA) is 66.8 Å². The van der Waals surface area contributed by atoms with E-state index in [0.717, 1.165) is 69.2 Å². The van der Waals surface area contributed by atoms with Crippen LogP contribution in [-0.4, -0.2) is 68.3 Å². The van der Waals surface area contributed by atoms with Crippen LogP contribution >= 0.6 is 0 Å². The predicted octanol–water partition coefficient (Wildman–Crippen LogP) is 8.90. The normalized spacial score (nSPS) is 25.2. The van der Waals surface area contributed by atoms with Crippen LogP contribution in [-0.2, 0) is 22.9 Å². The first kappa shape index (κ1) is 38.7. The molecular formula is C39H52F5NO4S. The van der Waals surface area contributed by atoms with E-state index in [2.05, 4.69) is 48.2 Å². The van der Waals surface area contributed by atoms with Crippen LogP contribution in [0.1, 0.15) is 93.7 Å². The Morgan fingerprint density at radius 2 is 1.68 bits per heavy atom. The monoisotopic (exact) mass is 725 g/mol. The fourth-order valence-electron chi connectivity index (χ4n) is 8.57. The molecule has 5 nitrogen and oxygen atoms in total. The number of nitrogens with zero attached hydrogens (tertiary/aromatic N) is 1. The Hall–Kier alpha value is -2.50. The summed E-state index contributed by atoms with van der Waals surface area (Å²) in [6.07, 6.45) is 2.25. The van der Waals surface area contributed by atoms with E-state index >= 15 is 0 Å². The first-order valence-electron chi connectivity index (χ1n) is 18.1. The lowest BCUT2D eigenvalue weighted by atomic mass is 9.54. The summed E-state index contributed by atoms with van der Waals surface area (Å²) >= 11 is 0. The average molecular weight is 726 g/mol. The molecule has 0 unspecified atom stereocenters. The summed E-state index contributed by atoms with van der Waals surface area (Å²) < 4.78 is 93.9. The number of sulfone groups is 1. The fraction of sp³-hybridized carbons (Fsp3) is 0.641. The van der Waals surface area contributed by atoms with Crippen molar-refractivity contribution in [1.29, 1.82) is 0 Å². The zero-order chi connectivity index (χ0) is 36.2. The number of alkyl halides is 5. The minimum Gasteiger partial charge on any atom is -0.489 e. The standard InChI is InChI=1S/C39H52F5NO4S/c1-37-20-18-33-32-15-14-31(49-27-28-11-5-3-6-12-28)26-30(32)25-29(36(33)34(37)16-17-35(37)46)13-7-4-8-21-45(2)22-10-24-50(47,48)23-9-19-38(40,41)39(42,43)44/h3,5-6,11-12,14-16,26,29,33,35-36,46H,4,7-10,13,17-25,27H2,1-2H3/t29-,33-,35+,36-,37+/m1/s1. The van der Waals surface area contributed by atoms with Crippen LogP contribution < -0.4 is 4.74 Å². The van der Waals surface area contributed by atoms with Crippen LogP contribution in [0.2, 0.25) is 0 Å². The molecule has 0 radical (unpaired) electrons. The minimum atomic E-state index is -5.67. The summed E-state index contributed by atoms with van der Waals surface area (Å²) in [5.41, 5.74) is 5.22. The van der Waals surface area contributed by atoms with Crippen molar-refractivity contribution < 1.29 is 40.2 Å². The number of aliphatic hydroxyl groups excluding tert-OH is 1. The van der Waals surface area contributed by atoms with Crippen molar-refractivity contribution in [1.82, 2.24) is 4.90 Å². The quantitative estimate of drug-likeness (QED) is 0.100. The van der Waals surface area contributed by atoms with Crippen LogP contribution in [0.3, 0.4) is 0 Å². The van der Waals surface area contributed by atoms with Crippen molar-refractivity contribution in [3.8, 4) is 5.75 Å². The molecule has 11 heteroatoms. The van der Waals surface area contributed by atoms with Gasteiger partial charge in [0.05, 0.1) is 17.6 Å². The minimum absolute atomic E-state index is 0.153. The first-order valence-corrected chi connectivity index (χ1v) is 19.9. The van der Waals surface area contributed by atoms with Crippen molar-refractivity contribution in [2.45, 2.75) is 108 Å². The Bertz CT molecular complexity index is 1560. The van der Waals surface area contributed by atoms with Gasteiger partial charge in [-0.1, -0.05) is 67.8 Å². The number of benzene rings is 2. The lowest BCUT2D eigenvalue weighted by Gasteiger charge is -2.50. The summed E-state index contributed by atoms with van der Waals surface area (Å²) in [5, 5.41) is 11.0. The van der Waals surface area contributed by atoms with Gasteiger partial charge in [-0.15, -0.1) is 0 Å². The highest BCUT2D eigenvalue weighted by atomic mass is 32.2. The third-order valence-electron chi connectivity index (χ3n) is 11.4. The maximum atomic E-state index is 13.1. The van der Waals surface area contributed by atoms with Gasteiger partial charge in [0.15, 0.2) is 0 Å². The predicted molar refractivity (Wildman–Crippen MR) is 186 cm³/mol. The Morgan fingerprint density at radius 3 is 2.42 bits per heavy atom. The molecule has 1 saturated carbocycles. The summed E-state index contributed by atoms with van der Waals surface area (Å²) in [6, 6.07) is 16.8. The molecule has 5 atom stereocenters. The number of rotatable bonds is 17. The van der Waals surface area contributed by atoms with Gasteiger partial charge < -0.3 is 14.7 Å². The van der Waals surface area contributed by atoms with Gasteiger partial charge in [-0.25, -0.2) is 8.42 Å². The molecule has 1 N–H and O–H groups in total. The van der Waals surface area contributed by atoms with Crippen LogP contribution in [0, 0.1) is 17.3 Å². The highest BCUT2D eigenvalue weighted by Gasteiger charge is 2.56.